The van der Waals surface area contributed by atoms with E-state index in [1.165, 1.54) is 0 Å². The first kappa shape index (κ1) is 24.7. The van der Waals surface area contributed by atoms with Gasteiger partial charge in [0.25, 0.3) is 5.22 Å². The quantitative estimate of drug-likeness (QED) is 0.521. The van der Waals surface area contributed by atoms with Crippen LogP contribution in [0.5, 0.6) is 0 Å². The van der Waals surface area contributed by atoms with Crippen LogP contribution in [0.1, 0.15) is 65.5 Å². The van der Waals surface area contributed by atoms with Crippen LogP contribution in [0.25, 0.3) is 0 Å². The number of amides is 2. The fraction of sp³-hybridized carbons (Fsp3) is 0.545. The molecule has 0 aliphatic carbocycles. The van der Waals surface area contributed by atoms with Gasteiger partial charge >= 0.3 is 6.09 Å². The molecule has 2 aromatic rings. The molecule has 0 spiro atoms. The first-order chi connectivity index (χ1) is 14.6. The molecule has 2 amide bonds. The number of carbonyl (C=O) groups excluding carboxylic acids is 2. The number of aryl methyl sites for hydroxylation is 1. The molecule has 1 unspecified atom stereocenters. The van der Waals surface area contributed by atoms with Crippen LogP contribution in [0, 0.1) is 5.92 Å². The number of aromatic nitrogens is 2. The lowest BCUT2D eigenvalue weighted by molar-refractivity contribution is -0.113. The van der Waals surface area contributed by atoms with Gasteiger partial charge in [-0.25, -0.2) is 4.79 Å². The van der Waals surface area contributed by atoms with Crippen LogP contribution >= 0.6 is 11.8 Å². The Balaban J connectivity index is 1.97. The summed E-state index contributed by atoms with van der Waals surface area (Å²) in [4.78, 5) is 24.5. The minimum atomic E-state index is -0.605. The highest BCUT2D eigenvalue weighted by molar-refractivity contribution is 7.99. The Labute approximate surface area is 187 Å². The molecule has 1 atom stereocenters. The summed E-state index contributed by atoms with van der Waals surface area (Å²) in [6.07, 6.45) is 0.901. The maximum atomic E-state index is 12.3. The van der Waals surface area contributed by atoms with Crippen molar-refractivity contribution in [3.8, 4) is 0 Å². The minimum Gasteiger partial charge on any atom is -0.444 e. The Morgan fingerprint density at radius 1 is 1.19 bits per heavy atom. The van der Waals surface area contributed by atoms with Crippen LogP contribution in [-0.2, 0) is 16.0 Å². The highest BCUT2D eigenvalue weighted by Crippen LogP contribution is 2.25. The highest BCUT2D eigenvalue weighted by Gasteiger charge is 2.25. The van der Waals surface area contributed by atoms with Gasteiger partial charge in [0.05, 0.1) is 5.75 Å². The van der Waals surface area contributed by atoms with Crippen molar-refractivity contribution in [2.24, 2.45) is 5.92 Å². The van der Waals surface area contributed by atoms with E-state index >= 15 is 0 Å². The molecule has 8 nitrogen and oxygen atoms in total. The number of rotatable bonds is 9. The Morgan fingerprint density at radius 2 is 1.90 bits per heavy atom. The molecule has 31 heavy (non-hydrogen) atoms. The summed E-state index contributed by atoms with van der Waals surface area (Å²) in [5.74, 6) is 0.552. The third-order valence-corrected chi connectivity index (χ3v) is 4.94. The predicted molar refractivity (Wildman–Crippen MR) is 121 cm³/mol. The lowest BCUT2D eigenvalue weighted by Crippen LogP contribution is -2.35. The molecule has 0 fully saturated rings. The van der Waals surface area contributed by atoms with E-state index in [1.54, 1.807) is 20.8 Å². The summed E-state index contributed by atoms with van der Waals surface area (Å²) in [5, 5.41) is 14.1. The Morgan fingerprint density at radius 3 is 2.55 bits per heavy atom. The lowest BCUT2D eigenvalue weighted by atomic mass is 10.0. The second kappa shape index (κ2) is 11.2. The first-order valence-corrected chi connectivity index (χ1v) is 11.4. The average Bonchev–Trinajstić information content (AvgIpc) is 3.13. The molecule has 1 heterocycles. The molecule has 9 heteroatoms. The number of nitrogens with one attached hydrogen (secondary N) is 2. The predicted octanol–water partition coefficient (Wildman–Crippen LogP) is 4.97. The van der Waals surface area contributed by atoms with Gasteiger partial charge < -0.3 is 19.8 Å². The normalized spacial score (nSPS) is 12.5. The monoisotopic (exact) mass is 448 g/mol. The van der Waals surface area contributed by atoms with Gasteiger partial charge in [-0.2, -0.15) is 0 Å². The molecule has 0 saturated heterocycles. The second-order valence-corrected chi connectivity index (χ2v) is 9.51. The molecule has 0 radical (unpaired) electrons. The van der Waals surface area contributed by atoms with E-state index in [1.807, 2.05) is 45.0 Å². The van der Waals surface area contributed by atoms with Gasteiger partial charge in [-0.15, -0.1) is 10.2 Å². The fourth-order valence-corrected chi connectivity index (χ4v) is 3.40. The van der Waals surface area contributed by atoms with Gasteiger partial charge in [-0.05, 0) is 51.2 Å². The SMILES string of the molecule is CCc1ccccc1NC(=O)CSc1nnc(C(CC(C)C)NC(=O)OC(C)(C)C)o1. The van der Waals surface area contributed by atoms with Gasteiger partial charge in [0.2, 0.25) is 11.8 Å². The number of para-hydroxylation sites is 1. The first-order valence-electron chi connectivity index (χ1n) is 10.4. The number of thioether (sulfide) groups is 1. The zero-order valence-corrected chi connectivity index (χ0v) is 19.8. The number of alkyl carbamates (subject to hydrolysis) is 1. The summed E-state index contributed by atoms with van der Waals surface area (Å²) in [7, 11) is 0. The molecule has 2 N–H and O–H groups in total. The van der Waals surface area contributed by atoms with E-state index in [0.29, 0.717) is 12.3 Å². The molecule has 0 aliphatic rings. The highest BCUT2D eigenvalue weighted by atomic mass is 32.2. The van der Waals surface area contributed by atoms with E-state index in [4.69, 9.17) is 9.15 Å². The second-order valence-electron chi connectivity index (χ2n) is 8.58. The summed E-state index contributed by atoms with van der Waals surface area (Å²) in [6, 6.07) is 7.23. The van der Waals surface area contributed by atoms with Crippen molar-refractivity contribution in [1.29, 1.82) is 0 Å². The van der Waals surface area contributed by atoms with Crippen molar-refractivity contribution in [1.82, 2.24) is 15.5 Å². The number of anilines is 1. The average molecular weight is 449 g/mol. The third-order valence-electron chi connectivity index (χ3n) is 4.12. The van der Waals surface area contributed by atoms with Crippen LogP contribution in [0.2, 0.25) is 0 Å². The summed E-state index contributed by atoms with van der Waals surface area (Å²) in [6.45, 7) is 11.5. The fourth-order valence-electron chi connectivity index (χ4n) is 2.83. The Kier molecular flexibility index (Phi) is 8.91. The lowest BCUT2D eigenvalue weighted by Gasteiger charge is -2.22. The molecule has 0 aliphatic heterocycles. The van der Waals surface area contributed by atoms with Crippen molar-refractivity contribution in [3.05, 3.63) is 35.7 Å². The molecule has 1 aromatic carbocycles. The molecule has 0 saturated carbocycles. The van der Waals surface area contributed by atoms with Gasteiger partial charge in [-0.1, -0.05) is 50.7 Å². The van der Waals surface area contributed by atoms with Gasteiger partial charge in [-0.3, -0.25) is 4.79 Å². The van der Waals surface area contributed by atoms with Crippen molar-refractivity contribution < 1.29 is 18.7 Å². The number of hydrogen-bond donors (Lipinski definition) is 2. The van der Waals surface area contributed by atoms with Crippen LogP contribution in [0.4, 0.5) is 10.5 Å². The number of hydrogen-bond acceptors (Lipinski definition) is 7. The molecular formula is C22H32N4O4S. The smallest absolute Gasteiger partial charge is 0.408 e. The molecule has 1 aromatic heterocycles. The minimum absolute atomic E-state index is 0.133. The third kappa shape index (κ3) is 8.61. The van der Waals surface area contributed by atoms with Crippen molar-refractivity contribution in [2.75, 3.05) is 11.1 Å². The number of nitrogens with zero attached hydrogens (tertiary/aromatic N) is 2. The number of benzene rings is 1. The Hall–Kier alpha value is -2.55. The van der Waals surface area contributed by atoms with E-state index in [0.717, 1.165) is 29.4 Å². The Bertz CT molecular complexity index is 876. The van der Waals surface area contributed by atoms with Crippen molar-refractivity contribution in [3.63, 3.8) is 0 Å². The topological polar surface area (TPSA) is 106 Å². The van der Waals surface area contributed by atoms with Crippen molar-refractivity contribution >= 4 is 29.4 Å². The van der Waals surface area contributed by atoms with Crippen molar-refractivity contribution in [2.45, 2.75) is 71.2 Å². The van der Waals surface area contributed by atoms with Crippen LogP contribution in [0.15, 0.2) is 33.9 Å². The number of carbonyl (C=O) groups is 2. The maximum Gasteiger partial charge on any atom is 0.408 e. The van der Waals surface area contributed by atoms with Crippen LogP contribution < -0.4 is 10.6 Å². The van der Waals surface area contributed by atoms with Crippen LogP contribution in [0.3, 0.4) is 0 Å². The summed E-state index contributed by atoms with van der Waals surface area (Å²) < 4.78 is 11.0. The number of ether oxygens (including phenoxy) is 1. The molecule has 2 rings (SSSR count). The summed E-state index contributed by atoms with van der Waals surface area (Å²) >= 11 is 1.15. The molecule has 0 bridgehead atoms. The molecule has 170 valence electrons. The zero-order valence-electron chi connectivity index (χ0n) is 19.0. The maximum absolute atomic E-state index is 12.3. The van der Waals surface area contributed by atoms with Gasteiger partial charge in [0.15, 0.2) is 0 Å². The standard InChI is InChI=1S/C22H32N4O4S/c1-7-15-10-8-9-11-16(15)23-18(27)13-31-21-26-25-19(29-21)17(12-14(2)3)24-20(28)30-22(4,5)6/h8-11,14,17H,7,12-13H2,1-6H3,(H,23,27)(H,24,28). The van der Waals surface area contributed by atoms with E-state index < -0.39 is 17.7 Å². The van der Waals surface area contributed by atoms with E-state index in [-0.39, 0.29) is 22.8 Å². The van der Waals surface area contributed by atoms with E-state index in [9.17, 15) is 9.59 Å². The zero-order chi connectivity index (χ0) is 23.0. The summed E-state index contributed by atoms with van der Waals surface area (Å²) in [5.41, 5.74) is 1.28. The van der Waals surface area contributed by atoms with Crippen LogP contribution in [-0.4, -0.2) is 33.6 Å². The molecular weight excluding hydrogens is 416 g/mol. The largest absolute Gasteiger partial charge is 0.444 e. The van der Waals surface area contributed by atoms with Gasteiger partial charge in [0.1, 0.15) is 11.6 Å². The van der Waals surface area contributed by atoms with E-state index in [2.05, 4.69) is 20.8 Å². The van der Waals surface area contributed by atoms with Gasteiger partial charge in [0, 0.05) is 5.69 Å².